The van der Waals surface area contributed by atoms with E-state index in [2.05, 4.69) is 17.2 Å². The van der Waals surface area contributed by atoms with Crippen LogP contribution in [0.4, 0.5) is 0 Å². The van der Waals surface area contributed by atoms with Gasteiger partial charge in [-0.05, 0) is 31.9 Å². The number of benzene rings is 1. The van der Waals surface area contributed by atoms with Crippen LogP contribution >= 0.6 is 0 Å². The van der Waals surface area contributed by atoms with Crippen molar-refractivity contribution in [3.8, 4) is 11.5 Å². The van der Waals surface area contributed by atoms with Gasteiger partial charge in [-0.3, -0.25) is 9.00 Å². The van der Waals surface area contributed by atoms with Crippen molar-refractivity contribution in [1.29, 1.82) is 0 Å². The van der Waals surface area contributed by atoms with Gasteiger partial charge in [-0.2, -0.15) is 0 Å². The number of oxazole rings is 1. The average Bonchev–Trinajstić information content (AvgIpc) is 2.88. The molecule has 0 unspecified atom stereocenters. The summed E-state index contributed by atoms with van der Waals surface area (Å²) in [6.45, 7) is 6.49. The molecule has 1 atom stereocenters. The minimum absolute atomic E-state index is 0.00425. The van der Waals surface area contributed by atoms with Crippen LogP contribution in [0.5, 0.6) is 0 Å². The minimum atomic E-state index is -1.30. The number of amides is 1. The van der Waals surface area contributed by atoms with Crippen LogP contribution in [0.25, 0.3) is 11.5 Å². The highest BCUT2D eigenvalue weighted by atomic mass is 32.2. The van der Waals surface area contributed by atoms with Gasteiger partial charge < -0.3 is 9.73 Å². The van der Waals surface area contributed by atoms with Gasteiger partial charge in [0.15, 0.2) is 0 Å². The number of carbonyl (C=O) groups is 1. The SMILES string of the molecule is CCCCNC(=O)C[S@@](=O)Cc1nc(-c2ccccc2C)oc1C. The van der Waals surface area contributed by atoms with Crippen molar-refractivity contribution in [2.45, 2.75) is 39.4 Å². The van der Waals surface area contributed by atoms with Gasteiger partial charge in [0.25, 0.3) is 0 Å². The summed E-state index contributed by atoms with van der Waals surface area (Å²) in [6, 6.07) is 7.83. The predicted molar refractivity (Wildman–Crippen MR) is 96.0 cm³/mol. The molecule has 2 aromatic rings. The molecule has 6 heteroatoms. The highest BCUT2D eigenvalue weighted by Gasteiger charge is 2.16. The Bertz CT molecular complexity index is 725. The second-order valence-corrected chi connectivity index (χ2v) is 7.23. The monoisotopic (exact) mass is 348 g/mol. The van der Waals surface area contributed by atoms with Crippen molar-refractivity contribution < 1.29 is 13.4 Å². The number of rotatable bonds is 8. The smallest absolute Gasteiger partial charge is 0.232 e. The Morgan fingerprint density at radius 1 is 1.29 bits per heavy atom. The Labute approximate surface area is 145 Å². The quantitative estimate of drug-likeness (QED) is 0.744. The number of unbranched alkanes of at least 4 members (excludes halogenated alkanes) is 1. The summed E-state index contributed by atoms with van der Waals surface area (Å²) in [5, 5.41) is 2.78. The van der Waals surface area contributed by atoms with Crippen molar-refractivity contribution in [3.05, 3.63) is 41.3 Å². The molecule has 0 radical (unpaired) electrons. The Kier molecular flexibility index (Phi) is 6.73. The van der Waals surface area contributed by atoms with Crippen LogP contribution in [-0.2, 0) is 21.3 Å². The third-order valence-corrected chi connectivity index (χ3v) is 4.89. The first-order chi connectivity index (χ1) is 11.5. The van der Waals surface area contributed by atoms with Gasteiger partial charge in [0, 0.05) is 22.9 Å². The second kappa shape index (κ2) is 8.78. The van der Waals surface area contributed by atoms with E-state index >= 15 is 0 Å². The maximum atomic E-state index is 12.2. The normalized spacial score (nSPS) is 12.1. The number of hydrogen-bond acceptors (Lipinski definition) is 4. The molecule has 0 saturated heterocycles. The van der Waals surface area contributed by atoms with Crippen LogP contribution < -0.4 is 5.32 Å². The molecule has 0 fully saturated rings. The fourth-order valence-electron chi connectivity index (χ4n) is 2.30. The topological polar surface area (TPSA) is 72.2 Å². The number of nitrogens with one attached hydrogen (secondary N) is 1. The van der Waals surface area contributed by atoms with Crippen molar-refractivity contribution in [3.63, 3.8) is 0 Å². The van der Waals surface area contributed by atoms with Gasteiger partial charge in [-0.15, -0.1) is 0 Å². The molecule has 1 aromatic carbocycles. The van der Waals surface area contributed by atoms with Crippen LogP contribution in [0.1, 0.15) is 36.8 Å². The Balaban J connectivity index is 1.99. The lowest BCUT2D eigenvalue weighted by Gasteiger charge is -2.03. The highest BCUT2D eigenvalue weighted by molar-refractivity contribution is 7.84. The molecule has 1 aromatic heterocycles. The summed E-state index contributed by atoms with van der Waals surface area (Å²) >= 11 is 0. The molecular weight excluding hydrogens is 324 g/mol. The molecule has 0 spiro atoms. The molecule has 1 amide bonds. The zero-order valence-corrected chi connectivity index (χ0v) is 15.2. The van der Waals surface area contributed by atoms with E-state index in [9.17, 15) is 9.00 Å². The third kappa shape index (κ3) is 5.03. The molecule has 0 aliphatic heterocycles. The van der Waals surface area contributed by atoms with E-state index in [1.807, 2.05) is 38.1 Å². The molecule has 0 bridgehead atoms. The molecule has 130 valence electrons. The second-order valence-electron chi connectivity index (χ2n) is 5.77. The molecule has 5 nitrogen and oxygen atoms in total. The first-order valence-corrected chi connectivity index (χ1v) is 9.64. The van der Waals surface area contributed by atoms with Crippen LogP contribution in [0.15, 0.2) is 28.7 Å². The zero-order valence-electron chi connectivity index (χ0n) is 14.4. The molecule has 0 saturated carbocycles. The lowest BCUT2D eigenvalue weighted by atomic mass is 10.1. The first-order valence-electron chi connectivity index (χ1n) is 8.15. The number of aryl methyl sites for hydroxylation is 2. The van der Waals surface area contributed by atoms with Crippen molar-refractivity contribution in [1.82, 2.24) is 10.3 Å². The molecule has 2 rings (SSSR count). The van der Waals surface area contributed by atoms with Gasteiger partial charge in [-0.1, -0.05) is 31.5 Å². The molecule has 1 N–H and O–H groups in total. The van der Waals surface area contributed by atoms with Crippen molar-refractivity contribution in [2.75, 3.05) is 12.3 Å². The average molecular weight is 348 g/mol. The summed E-state index contributed by atoms with van der Waals surface area (Å²) in [7, 11) is -1.30. The maximum absolute atomic E-state index is 12.2. The third-order valence-electron chi connectivity index (χ3n) is 3.71. The van der Waals surface area contributed by atoms with Gasteiger partial charge in [0.2, 0.25) is 11.8 Å². The fourth-order valence-corrected chi connectivity index (χ4v) is 3.36. The van der Waals surface area contributed by atoms with Gasteiger partial charge >= 0.3 is 0 Å². The molecule has 0 aliphatic rings. The molecular formula is C18H24N2O3S. The van der Waals surface area contributed by atoms with E-state index in [0.717, 1.165) is 24.0 Å². The van der Waals surface area contributed by atoms with E-state index < -0.39 is 10.8 Å². The number of aromatic nitrogens is 1. The summed E-state index contributed by atoms with van der Waals surface area (Å²) in [4.78, 5) is 16.2. The standard InChI is InChI=1S/C18H24N2O3S/c1-4-5-10-19-17(21)12-24(22)11-16-14(3)23-18(20-16)15-9-7-6-8-13(15)2/h6-9H,4-5,10-12H2,1-3H3,(H,19,21)/t24-/m0/s1. The number of hydrogen-bond donors (Lipinski definition) is 1. The molecule has 24 heavy (non-hydrogen) atoms. The van der Waals surface area contributed by atoms with Crippen LogP contribution in [0.3, 0.4) is 0 Å². The summed E-state index contributed by atoms with van der Waals surface area (Å²) in [6.07, 6.45) is 1.95. The van der Waals surface area contributed by atoms with Gasteiger partial charge in [0.05, 0.1) is 11.4 Å². The fraction of sp³-hybridized carbons (Fsp3) is 0.444. The number of carbonyl (C=O) groups excluding carboxylic acids is 1. The van der Waals surface area contributed by atoms with Crippen molar-refractivity contribution in [2.24, 2.45) is 0 Å². The maximum Gasteiger partial charge on any atom is 0.232 e. The van der Waals surface area contributed by atoms with Crippen LogP contribution in [-0.4, -0.2) is 27.4 Å². The largest absolute Gasteiger partial charge is 0.441 e. The molecule has 1 heterocycles. The molecule has 0 aliphatic carbocycles. The minimum Gasteiger partial charge on any atom is -0.441 e. The number of nitrogens with zero attached hydrogens (tertiary/aromatic N) is 1. The van der Waals surface area contributed by atoms with Crippen molar-refractivity contribution >= 4 is 16.7 Å². The van der Waals surface area contributed by atoms with Gasteiger partial charge in [-0.25, -0.2) is 4.98 Å². The lowest BCUT2D eigenvalue weighted by Crippen LogP contribution is -2.29. The predicted octanol–water partition coefficient (Wildman–Crippen LogP) is 3.12. The highest BCUT2D eigenvalue weighted by Crippen LogP contribution is 2.25. The van der Waals surface area contributed by atoms with E-state index in [-0.39, 0.29) is 17.4 Å². The van der Waals surface area contributed by atoms with E-state index in [0.29, 0.717) is 23.9 Å². The summed E-state index contributed by atoms with van der Waals surface area (Å²) in [5.74, 6) is 1.22. The lowest BCUT2D eigenvalue weighted by molar-refractivity contribution is -0.118. The van der Waals surface area contributed by atoms with E-state index in [4.69, 9.17) is 4.42 Å². The first kappa shape index (κ1) is 18.4. The zero-order chi connectivity index (χ0) is 17.5. The summed E-state index contributed by atoms with van der Waals surface area (Å²) in [5.41, 5.74) is 2.64. The van der Waals surface area contributed by atoms with E-state index in [1.54, 1.807) is 0 Å². The van der Waals surface area contributed by atoms with E-state index in [1.165, 1.54) is 0 Å². The Morgan fingerprint density at radius 3 is 2.75 bits per heavy atom. The Morgan fingerprint density at radius 2 is 2.04 bits per heavy atom. The van der Waals surface area contributed by atoms with Crippen LogP contribution in [0.2, 0.25) is 0 Å². The Hall–Kier alpha value is -1.95. The van der Waals surface area contributed by atoms with Gasteiger partial charge in [0.1, 0.15) is 11.5 Å². The van der Waals surface area contributed by atoms with Crippen LogP contribution in [0, 0.1) is 13.8 Å². The summed E-state index contributed by atoms with van der Waals surface area (Å²) < 4.78 is 17.9.